The van der Waals surface area contributed by atoms with E-state index in [0.29, 0.717) is 12.2 Å². The lowest BCUT2D eigenvalue weighted by atomic mass is 10.1. The lowest BCUT2D eigenvalue weighted by Gasteiger charge is -2.24. The summed E-state index contributed by atoms with van der Waals surface area (Å²) in [5.74, 6) is 0.791. The normalized spacial score (nSPS) is 26.6. The molecule has 0 bridgehead atoms. The fourth-order valence-electron chi connectivity index (χ4n) is 2.45. The fourth-order valence-corrected chi connectivity index (χ4v) is 2.45. The van der Waals surface area contributed by atoms with Gasteiger partial charge in [0.1, 0.15) is 0 Å². The summed E-state index contributed by atoms with van der Waals surface area (Å²) in [5.41, 5.74) is 0. The molecule has 0 aromatic rings. The molecule has 0 aromatic carbocycles. The molecular formula is C14H30N2O. The van der Waals surface area contributed by atoms with Gasteiger partial charge in [0.15, 0.2) is 0 Å². The van der Waals surface area contributed by atoms with E-state index in [-0.39, 0.29) is 0 Å². The molecule has 3 nitrogen and oxygen atoms in total. The van der Waals surface area contributed by atoms with Crippen LogP contribution in [-0.4, -0.2) is 50.3 Å². The van der Waals surface area contributed by atoms with Crippen molar-refractivity contribution in [3.8, 4) is 0 Å². The molecule has 1 saturated heterocycles. The lowest BCUT2D eigenvalue weighted by molar-refractivity contribution is 0.0261. The van der Waals surface area contributed by atoms with Crippen LogP contribution in [0.3, 0.4) is 0 Å². The van der Waals surface area contributed by atoms with E-state index in [9.17, 15) is 0 Å². The van der Waals surface area contributed by atoms with E-state index in [4.69, 9.17) is 4.74 Å². The van der Waals surface area contributed by atoms with Gasteiger partial charge in [0.25, 0.3) is 0 Å². The third-order valence-electron chi connectivity index (χ3n) is 3.65. The summed E-state index contributed by atoms with van der Waals surface area (Å²) in [6.45, 7) is 11.1. The third kappa shape index (κ3) is 5.84. The average molecular weight is 242 g/mol. The first-order chi connectivity index (χ1) is 8.15. The summed E-state index contributed by atoms with van der Waals surface area (Å²) >= 11 is 0. The highest BCUT2D eigenvalue weighted by Crippen LogP contribution is 2.20. The maximum absolute atomic E-state index is 6.05. The minimum Gasteiger partial charge on any atom is -0.372 e. The number of hydrogen-bond donors (Lipinski definition) is 1. The molecule has 17 heavy (non-hydrogen) atoms. The summed E-state index contributed by atoms with van der Waals surface area (Å²) in [7, 11) is 2.22. The minimum atomic E-state index is 0.442. The molecule has 3 atom stereocenters. The van der Waals surface area contributed by atoms with Crippen LogP contribution in [0.15, 0.2) is 0 Å². The standard InChI is InChI=1S/C14H30N2O/c1-5-12(3)10-16(4)11-14-8-7-13(17-14)9-15-6-2/h12-15H,5-11H2,1-4H3. The van der Waals surface area contributed by atoms with Crippen LogP contribution >= 0.6 is 0 Å². The molecule has 1 aliphatic heterocycles. The van der Waals surface area contributed by atoms with Gasteiger partial charge in [0, 0.05) is 19.6 Å². The maximum Gasteiger partial charge on any atom is 0.0707 e. The third-order valence-corrected chi connectivity index (χ3v) is 3.65. The molecule has 0 aliphatic carbocycles. The van der Waals surface area contributed by atoms with Crippen LogP contribution < -0.4 is 5.32 Å². The molecule has 3 heteroatoms. The predicted molar refractivity (Wildman–Crippen MR) is 73.4 cm³/mol. The molecule has 3 unspecified atom stereocenters. The van der Waals surface area contributed by atoms with Gasteiger partial charge in [-0.15, -0.1) is 0 Å². The Bertz CT molecular complexity index is 199. The molecule has 102 valence electrons. The predicted octanol–water partition coefficient (Wildman–Crippen LogP) is 2.12. The van der Waals surface area contributed by atoms with Crippen molar-refractivity contribution in [2.45, 2.75) is 52.2 Å². The first kappa shape index (κ1) is 14.9. The summed E-state index contributed by atoms with van der Waals surface area (Å²) in [6, 6.07) is 0. The number of ether oxygens (including phenoxy) is 1. The topological polar surface area (TPSA) is 24.5 Å². The zero-order valence-corrected chi connectivity index (χ0v) is 12.0. The van der Waals surface area contributed by atoms with E-state index in [1.54, 1.807) is 0 Å². The Labute approximate surface area is 107 Å². The molecule has 0 spiro atoms. The summed E-state index contributed by atoms with van der Waals surface area (Å²) in [6.07, 6.45) is 4.60. The van der Waals surface area contributed by atoms with Crippen LogP contribution in [0.2, 0.25) is 0 Å². The van der Waals surface area contributed by atoms with Crippen LogP contribution in [0, 0.1) is 5.92 Å². The summed E-state index contributed by atoms with van der Waals surface area (Å²) in [4.78, 5) is 2.43. The number of hydrogen-bond acceptors (Lipinski definition) is 3. The highest BCUT2D eigenvalue weighted by atomic mass is 16.5. The van der Waals surface area contributed by atoms with Gasteiger partial charge in [-0.2, -0.15) is 0 Å². The van der Waals surface area contributed by atoms with Crippen LogP contribution in [0.1, 0.15) is 40.0 Å². The number of rotatable bonds is 8. The van der Waals surface area contributed by atoms with Crippen LogP contribution in [0.4, 0.5) is 0 Å². The Morgan fingerprint density at radius 3 is 2.65 bits per heavy atom. The zero-order chi connectivity index (χ0) is 12.7. The molecule has 0 saturated carbocycles. The van der Waals surface area contributed by atoms with E-state index in [0.717, 1.165) is 25.6 Å². The van der Waals surface area contributed by atoms with Gasteiger partial charge >= 0.3 is 0 Å². The van der Waals surface area contributed by atoms with Crippen molar-refractivity contribution in [2.24, 2.45) is 5.92 Å². The van der Waals surface area contributed by atoms with Crippen LogP contribution in [0.5, 0.6) is 0 Å². The van der Waals surface area contributed by atoms with Gasteiger partial charge in [-0.3, -0.25) is 0 Å². The zero-order valence-electron chi connectivity index (χ0n) is 12.0. The van der Waals surface area contributed by atoms with Crippen LogP contribution in [-0.2, 0) is 4.74 Å². The Kier molecular flexibility index (Phi) is 7.09. The molecular weight excluding hydrogens is 212 g/mol. The van der Waals surface area contributed by atoms with E-state index < -0.39 is 0 Å². The van der Waals surface area contributed by atoms with Crippen molar-refractivity contribution in [3.05, 3.63) is 0 Å². The fraction of sp³-hybridized carbons (Fsp3) is 1.00. The quantitative estimate of drug-likeness (QED) is 0.705. The van der Waals surface area contributed by atoms with Gasteiger partial charge in [0.05, 0.1) is 12.2 Å². The highest BCUT2D eigenvalue weighted by Gasteiger charge is 2.25. The van der Waals surface area contributed by atoms with Gasteiger partial charge < -0.3 is 15.0 Å². The van der Waals surface area contributed by atoms with E-state index in [2.05, 4.69) is 38.0 Å². The van der Waals surface area contributed by atoms with Crippen molar-refractivity contribution in [2.75, 3.05) is 33.2 Å². The first-order valence-electron chi connectivity index (χ1n) is 7.20. The lowest BCUT2D eigenvalue weighted by Crippen LogP contribution is -2.33. The Balaban J connectivity index is 2.16. The smallest absolute Gasteiger partial charge is 0.0707 e. The second kappa shape index (κ2) is 8.06. The maximum atomic E-state index is 6.05. The summed E-state index contributed by atoms with van der Waals surface area (Å²) < 4.78 is 6.05. The van der Waals surface area contributed by atoms with E-state index in [1.165, 1.54) is 25.8 Å². The average Bonchev–Trinajstić information content (AvgIpc) is 2.73. The number of nitrogens with zero attached hydrogens (tertiary/aromatic N) is 1. The van der Waals surface area contributed by atoms with Gasteiger partial charge in [-0.1, -0.05) is 27.2 Å². The number of nitrogens with one attached hydrogen (secondary N) is 1. The Morgan fingerprint density at radius 2 is 2.00 bits per heavy atom. The second-order valence-electron chi connectivity index (χ2n) is 5.50. The van der Waals surface area contributed by atoms with Crippen molar-refractivity contribution in [3.63, 3.8) is 0 Å². The van der Waals surface area contributed by atoms with Crippen molar-refractivity contribution in [1.82, 2.24) is 10.2 Å². The van der Waals surface area contributed by atoms with Gasteiger partial charge in [0.2, 0.25) is 0 Å². The SMILES string of the molecule is CCNCC1CCC(CN(C)CC(C)CC)O1. The number of likely N-dealkylation sites (N-methyl/N-ethyl adjacent to an activating group) is 2. The van der Waals surface area contributed by atoms with Gasteiger partial charge in [-0.25, -0.2) is 0 Å². The second-order valence-corrected chi connectivity index (χ2v) is 5.50. The van der Waals surface area contributed by atoms with Crippen molar-refractivity contribution in [1.29, 1.82) is 0 Å². The monoisotopic (exact) mass is 242 g/mol. The first-order valence-corrected chi connectivity index (χ1v) is 7.20. The van der Waals surface area contributed by atoms with E-state index in [1.807, 2.05) is 0 Å². The van der Waals surface area contributed by atoms with E-state index >= 15 is 0 Å². The largest absolute Gasteiger partial charge is 0.372 e. The molecule has 1 aliphatic rings. The van der Waals surface area contributed by atoms with Gasteiger partial charge in [-0.05, 0) is 32.4 Å². The molecule has 1 rings (SSSR count). The molecule has 0 aromatic heterocycles. The van der Waals surface area contributed by atoms with Crippen molar-refractivity contribution < 1.29 is 4.74 Å². The molecule has 1 heterocycles. The van der Waals surface area contributed by atoms with Crippen LogP contribution in [0.25, 0.3) is 0 Å². The molecule has 0 radical (unpaired) electrons. The minimum absolute atomic E-state index is 0.442. The summed E-state index contributed by atoms with van der Waals surface area (Å²) in [5, 5.41) is 3.37. The Morgan fingerprint density at radius 1 is 1.29 bits per heavy atom. The van der Waals surface area contributed by atoms with Crippen molar-refractivity contribution >= 4 is 0 Å². The molecule has 1 fully saturated rings. The molecule has 1 N–H and O–H groups in total. The molecule has 0 amide bonds. The Hall–Kier alpha value is -0.120. The highest BCUT2D eigenvalue weighted by molar-refractivity contribution is 4.77.